The highest BCUT2D eigenvalue weighted by molar-refractivity contribution is 6.05. The lowest BCUT2D eigenvalue weighted by Gasteiger charge is -2.31. The molecule has 1 saturated carbocycles. The SMILES string of the molecule is CCOc1ccc(NC(=O)c2ccc(NC(=O)C3(N)CCCCC3)cc2)cc1.Cl. The van der Waals surface area contributed by atoms with Gasteiger partial charge in [0.05, 0.1) is 12.1 Å². The summed E-state index contributed by atoms with van der Waals surface area (Å²) in [5.41, 5.74) is 7.30. The van der Waals surface area contributed by atoms with Gasteiger partial charge in [-0.05, 0) is 68.3 Å². The first-order valence-electron chi connectivity index (χ1n) is 9.75. The van der Waals surface area contributed by atoms with E-state index in [-0.39, 0.29) is 24.2 Å². The number of hydrogen-bond acceptors (Lipinski definition) is 4. The first-order chi connectivity index (χ1) is 13.5. The Kier molecular flexibility index (Phi) is 8.05. The monoisotopic (exact) mass is 417 g/mol. The summed E-state index contributed by atoms with van der Waals surface area (Å²) in [6, 6.07) is 14.0. The van der Waals surface area contributed by atoms with E-state index in [1.165, 1.54) is 0 Å². The molecule has 0 spiro atoms. The molecule has 1 aliphatic rings. The number of halogens is 1. The molecule has 29 heavy (non-hydrogen) atoms. The lowest BCUT2D eigenvalue weighted by Crippen LogP contribution is -2.52. The number of carbonyl (C=O) groups is 2. The zero-order chi connectivity index (χ0) is 20.0. The average molecular weight is 418 g/mol. The number of anilines is 2. The summed E-state index contributed by atoms with van der Waals surface area (Å²) in [7, 11) is 0. The molecule has 7 heteroatoms. The molecule has 0 bridgehead atoms. The van der Waals surface area contributed by atoms with E-state index in [9.17, 15) is 9.59 Å². The van der Waals surface area contributed by atoms with Crippen LogP contribution in [0.4, 0.5) is 11.4 Å². The summed E-state index contributed by atoms with van der Waals surface area (Å²) in [6.07, 6.45) is 4.51. The Morgan fingerprint density at radius 1 is 0.931 bits per heavy atom. The maximum Gasteiger partial charge on any atom is 0.255 e. The van der Waals surface area contributed by atoms with Crippen LogP contribution in [0.5, 0.6) is 5.75 Å². The highest BCUT2D eigenvalue weighted by Crippen LogP contribution is 2.27. The van der Waals surface area contributed by atoms with Crippen molar-refractivity contribution in [3.8, 4) is 5.75 Å². The van der Waals surface area contributed by atoms with Gasteiger partial charge in [-0.1, -0.05) is 19.3 Å². The molecule has 4 N–H and O–H groups in total. The van der Waals surface area contributed by atoms with Gasteiger partial charge in [-0.2, -0.15) is 0 Å². The van der Waals surface area contributed by atoms with Gasteiger partial charge in [0.15, 0.2) is 0 Å². The van der Waals surface area contributed by atoms with Gasteiger partial charge in [-0.25, -0.2) is 0 Å². The van der Waals surface area contributed by atoms with Crippen LogP contribution in [0.3, 0.4) is 0 Å². The summed E-state index contributed by atoms with van der Waals surface area (Å²) in [5.74, 6) is 0.389. The second-order valence-corrected chi connectivity index (χ2v) is 7.16. The molecule has 0 atom stereocenters. The third-order valence-corrected chi connectivity index (χ3v) is 5.03. The van der Waals surface area contributed by atoms with Crippen LogP contribution in [0.1, 0.15) is 49.4 Å². The van der Waals surface area contributed by atoms with E-state index in [0.29, 0.717) is 36.4 Å². The minimum Gasteiger partial charge on any atom is -0.494 e. The molecule has 0 radical (unpaired) electrons. The molecule has 2 amide bonds. The number of amides is 2. The molecule has 2 aromatic rings. The molecule has 0 aromatic heterocycles. The average Bonchev–Trinajstić information content (AvgIpc) is 2.71. The quantitative estimate of drug-likeness (QED) is 0.650. The fourth-order valence-corrected chi connectivity index (χ4v) is 3.37. The number of benzene rings is 2. The molecule has 156 valence electrons. The van der Waals surface area contributed by atoms with Gasteiger partial charge in [0.1, 0.15) is 5.75 Å². The molecule has 0 saturated heterocycles. The van der Waals surface area contributed by atoms with Crippen molar-refractivity contribution in [2.45, 2.75) is 44.6 Å². The van der Waals surface area contributed by atoms with E-state index in [1.807, 2.05) is 19.1 Å². The molecule has 0 unspecified atom stereocenters. The molecule has 0 heterocycles. The Hall–Kier alpha value is -2.57. The predicted molar refractivity (Wildman–Crippen MR) is 118 cm³/mol. The van der Waals surface area contributed by atoms with Crippen LogP contribution in [0, 0.1) is 0 Å². The van der Waals surface area contributed by atoms with Crippen molar-refractivity contribution in [1.82, 2.24) is 0 Å². The molecular weight excluding hydrogens is 390 g/mol. The predicted octanol–water partition coefficient (Wildman–Crippen LogP) is 4.36. The van der Waals surface area contributed by atoms with Gasteiger partial charge in [0.2, 0.25) is 5.91 Å². The maximum absolute atomic E-state index is 12.5. The first-order valence-corrected chi connectivity index (χ1v) is 9.75. The maximum atomic E-state index is 12.5. The van der Waals surface area contributed by atoms with Gasteiger partial charge in [0.25, 0.3) is 5.91 Å². The van der Waals surface area contributed by atoms with Crippen LogP contribution >= 0.6 is 12.4 Å². The van der Waals surface area contributed by atoms with Crippen LogP contribution in [-0.2, 0) is 4.79 Å². The lowest BCUT2D eigenvalue weighted by molar-refractivity contribution is -0.122. The molecule has 1 fully saturated rings. The van der Waals surface area contributed by atoms with Gasteiger partial charge in [-0.3, -0.25) is 9.59 Å². The van der Waals surface area contributed by atoms with Gasteiger partial charge < -0.3 is 21.1 Å². The number of nitrogens with two attached hydrogens (primary N) is 1. The lowest BCUT2D eigenvalue weighted by atomic mass is 9.82. The van der Waals surface area contributed by atoms with E-state index in [1.54, 1.807) is 36.4 Å². The van der Waals surface area contributed by atoms with Gasteiger partial charge in [-0.15, -0.1) is 12.4 Å². The molecule has 6 nitrogen and oxygen atoms in total. The first kappa shape index (κ1) is 22.7. The van der Waals surface area contributed by atoms with Crippen molar-refractivity contribution in [3.63, 3.8) is 0 Å². The fourth-order valence-electron chi connectivity index (χ4n) is 3.37. The van der Waals surface area contributed by atoms with Crippen molar-refractivity contribution >= 4 is 35.6 Å². The highest BCUT2D eigenvalue weighted by atomic mass is 35.5. The number of hydrogen-bond donors (Lipinski definition) is 3. The zero-order valence-electron chi connectivity index (χ0n) is 16.6. The summed E-state index contributed by atoms with van der Waals surface area (Å²) >= 11 is 0. The van der Waals surface area contributed by atoms with Crippen LogP contribution in [0.2, 0.25) is 0 Å². The Morgan fingerprint density at radius 3 is 2.07 bits per heavy atom. The minimum atomic E-state index is -0.790. The topological polar surface area (TPSA) is 93.5 Å². The van der Waals surface area contributed by atoms with Crippen molar-refractivity contribution in [1.29, 1.82) is 0 Å². The summed E-state index contributed by atoms with van der Waals surface area (Å²) < 4.78 is 5.39. The second kappa shape index (κ2) is 10.3. The van der Waals surface area contributed by atoms with Crippen molar-refractivity contribution in [2.24, 2.45) is 5.73 Å². The van der Waals surface area contributed by atoms with Gasteiger partial charge in [0, 0.05) is 16.9 Å². The highest BCUT2D eigenvalue weighted by Gasteiger charge is 2.35. The van der Waals surface area contributed by atoms with Crippen molar-refractivity contribution in [2.75, 3.05) is 17.2 Å². The number of ether oxygens (including phenoxy) is 1. The van der Waals surface area contributed by atoms with Crippen LogP contribution in [0.25, 0.3) is 0 Å². The largest absolute Gasteiger partial charge is 0.494 e. The minimum absolute atomic E-state index is 0. The Morgan fingerprint density at radius 2 is 1.48 bits per heavy atom. The Balaban J connectivity index is 0.00000300. The number of nitrogens with one attached hydrogen (secondary N) is 2. The molecule has 0 aliphatic heterocycles. The fraction of sp³-hybridized carbons (Fsp3) is 0.364. The Bertz CT molecular complexity index is 816. The number of rotatable bonds is 6. The second-order valence-electron chi connectivity index (χ2n) is 7.16. The molecule has 1 aliphatic carbocycles. The van der Waals surface area contributed by atoms with E-state index >= 15 is 0 Å². The normalized spacial score (nSPS) is 15.0. The van der Waals surface area contributed by atoms with Crippen molar-refractivity contribution < 1.29 is 14.3 Å². The number of carbonyl (C=O) groups excluding carboxylic acids is 2. The van der Waals surface area contributed by atoms with Crippen LogP contribution in [0.15, 0.2) is 48.5 Å². The summed E-state index contributed by atoms with van der Waals surface area (Å²) in [5, 5.41) is 5.72. The van der Waals surface area contributed by atoms with Crippen LogP contribution < -0.4 is 21.1 Å². The van der Waals surface area contributed by atoms with Crippen LogP contribution in [-0.4, -0.2) is 24.0 Å². The third kappa shape index (κ3) is 5.95. The summed E-state index contributed by atoms with van der Waals surface area (Å²) in [4.78, 5) is 24.9. The molecule has 2 aromatic carbocycles. The molecule has 3 rings (SSSR count). The van der Waals surface area contributed by atoms with Crippen molar-refractivity contribution in [3.05, 3.63) is 54.1 Å². The zero-order valence-corrected chi connectivity index (χ0v) is 17.4. The van der Waals surface area contributed by atoms with E-state index in [0.717, 1.165) is 25.0 Å². The Labute approximate surface area is 177 Å². The van der Waals surface area contributed by atoms with E-state index in [2.05, 4.69) is 10.6 Å². The molecular formula is C22H28ClN3O3. The standard InChI is InChI=1S/C22H27N3O3.ClH/c1-2-28-19-12-10-17(11-13-19)24-20(26)16-6-8-18(9-7-16)25-21(27)22(23)14-4-3-5-15-22;/h6-13H,2-5,14-15,23H2,1H3,(H,24,26)(H,25,27);1H. The third-order valence-electron chi connectivity index (χ3n) is 5.03. The van der Waals surface area contributed by atoms with Gasteiger partial charge >= 0.3 is 0 Å². The smallest absolute Gasteiger partial charge is 0.255 e. The summed E-state index contributed by atoms with van der Waals surface area (Å²) in [6.45, 7) is 2.52. The van der Waals surface area contributed by atoms with E-state index < -0.39 is 5.54 Å². The van der Waals surface area contributed by atoms with E-state index in [4.69, 9.17) is 10.5 Å².